The van der Waals surface area contributed by atoms with Crippen molar-refractivity contribution in [3.05, 3.63) is 11.3 Å². The Balaban J connectivity index is 1.93. The summed E-state index contributed by atoms with van der Waals surface area (Å²) in [6.07, 6.45) is 0.328. The van der Waals surface area contributed by atoms with E-state index in [1.807, 2.05) is 0 Å². The van der Waals surface area contributed by atoms with Gasteiger partial charge in [-0.3, -0.25) is 19.3 Å². The number of methoxy groups -OCH3 is 1. The zero-order chi connectivity index (χ0) is 19.0. The molecular weight excluding hydrogens is 364 g/mol. The molecule has 2 amide bonds. The molecule has 3 aliphatic heterocycles. The van der Waals surface area contributed by atoms with Gasteiger partial charge in [-0.15, -0.1) is 11.8 Å². The van der Waals surface area contributed by atoms with Gasteiger partial charge < -0.3 is 19.5 Å². The molecule has 0 aliphatic carbocycles. The van der Waals surface area contributed by atoms with E-state index in [-0.39, 0.29) is 23.6 Å². The first-order chi connectivity index (χ1) is 12.4. The van der Waals surface area contributed by atoms with Crippen LogP contribution in [0.3, 0.4) is 0 Å². The van der Waals surface area contributed by atoms with Crippen LogP contribution in [0.1, 0.15) is 19.8 Å². The van der Waals surface area contributed by atoms with Crippen molar-refractivity contribution < 1.29 is 33.8 Å². The number of hydrogen-bond acceptors (Lipinski definition) is 7. The van der Waals surface area contributed by atoms with E-state index >= 15 is 0 Å². The lowest BCUT2D eigenvalue weighted by Crippen LogP contribution is -2.66. The standard InChI is InChI=1S/C16H20N2O7S/c1-8(19)25-6-9-7-26-15-12(24-2)14(21)18(15)11(9)13(20)17-5-3-4-10(17)16(22)23/h10,12,15H,3-7H2,1-2H3,(H,22,23)/t10-,12-,15+/m0/s1. The summed E-state index contributed by atoms with van der Waals surface area (Å²) in [7, 11) is 1.43. The largest absolute Gasteiger partial charge is 0.480 e. The lowest BCUT2D eigenvalue weighted by Gasteiger charge is -2.49. The molecule has 2 fully saturated rings. The second kappa shape index (κ2) is 7.28. The van der Waals surface area contributed by atoms with Crippen molar-refractivity contribution in [1.29, 1.82) is 0 Å². The van der Waals surface area contributed by atoms with Gasteiger partial charge in [-0.05, 0) is 12.8 Å². The van der Waals surface area contributed by atoms with Crippen LogP contribution in [0.4, 0.5) is 0 Å². The number of carboxylic acid groups (broad SMARTS) is 1. The van der Waals surface area contributed by atoms with E-state index < -0.39 is 30.0 Å². The molecule has 26 heavy (non-hydrogen) atoms. The summed E-state index contributed by atoms with van der Waals surface area (Å²) >= 11 is 1.42. The molecule has 0 unspecified atom stereocenters. The number of carbonyl (C=O) groups is 4. The highest BCUT2D eigenvalue weighted by molar-refractivity contribution is 8.00. The predicted molar refractivity (Wildman–Crippen MR) is 89.9 cm³/mol. The highest BCUT2D eigenvalue weighted by Crippen LogP contribution is 2.42. The summed E-state index contributed by atoms with van der Waals surface area (Å²) in [5, 5.41) is 9.02. The predicted octanol–water partition coefficient (Wildman–Crippen LogP) is -0.191. The Bertz CT molecular complexity index is 692. The van der Waals surface area contributed by atoms with Crippen LogP contribution in [0.15, 0.2) is 11.3 Å². The minimum atomic E-state index is -1.07. The molecule has 0 spiro atoms. The van der Waals surface area contributed by atoms with Gasteiger partial charge in [0, 0.05) is 31.9 Å². The van der Waals surface area contributed by atoms with Gasteiger partial charge in [-0.25, -0.2) is 4.79 Å². The Morgan fingerprint density at radius 2 is 2.08 bits per heavy atom. The van der Waals surface area contributed by atoms with Crippen LogP contribution >= 0.6 is 11.8 Å². The Hall–Kier alpha value is -2.07. The van der Waals surface area contributed by atoms with Crippen molar-refractivity contribution in [3.63, 3.8) is 0 Å². The summed E-state index contributed by atoms with van der Waals surface area (Å²) < 4.78 is 10.2. The molecule has 3 aliphatic rings. The third-order valence-corrected chi connectivity index (χ3v) is 6.02. The first kappa shape index (κ1) is 18.7. The maximum absolute atomic E-state index is 13.1. The molecule has 3 heterocycles. The van der Waals surface area contributed by atoms with Gasteiger partial charge in [0.2, 0.25) is 0 Å². The van der Waals surface area contributed by atoms with Crippen molar-refractivity contribution >= 4 is 35.5 Å². The zero-order valence-corrected chi connectivity index (χ0v) is 15.3. The molecule has 2 saturated heterocycles. The number of rotatable bonds is 5. The van der Waals surface area contributed by atoms with Crippen LogP contribution in [0.5, 0.6) is 0 Å². The van der Waals surface area contributed by atoms with E-state index in [2.05, 4.69) is 0 Å². The van der Waals surface area contributed by atoms with E-state index in [0.29, 0.717) is 30.7 Å². The van der Waals surface area contributed by atoms with Gasteiger partial charge in [0.25, 0.3) is 11.8 Å². The molecule has 1 N–H and O–H groups in total. The highest BCUT2D eigenvalue weighted by Gasteiger charge is 2.55. The van der Waals surface area contributed by atoms with Gasteiger partial charge in [0.1, 0.15) is 23.7 Å². The number of aliphatic carboxylic acids is 1. The molecule has 0 aromatic heterocycles. The van der Waals surface area contributed by atoms with Crippen molar-refractivity contribution in [2.75, 3.05) is 26.0 Å². The quantitative estimate of drug-likeness (QED) is 0.513. The lowest BCUT2D eigenvalue weighted by molar-refractivity contribution is -0.161. The fraction of sp³-hybridized carbons (Fsp3) is 0.625. The molecular formula is C16H20N2O7S. The van der Waals surface area contributed by atoms with Crippen LogP contribution in [-0.2, 0) is 28.7 Å². The summed E-state index contributed by atoms with van der Waals surface area (Å²) in [4.78, 5) is 50.8. The Kier molecular flexibility index (Phi) is 5.24. The SMILES string of the molecule is CO[C@H]1C(=O)N2C(C(=O)N3CCC[C@H]3C(=O)O)=C(COC(C)=O)CS[C@H]12. The Labute approximate surface area is 154 Å². The molecule has 3 rings (SSSR count). The van der Waals surface area contributed by atoms with Gasteiger partial charge in [-0.1, -0.05) is 0 Å². The van der Waals surface area contributed by atoms with E-state index in [1.54, 1.807) is 0 Å². The van der Waals surface area contributed by atoms with Crippen molar-refractivity contribution in [2.24, 2.45) is 0 Å². The highest BCUT2D eigenvalue weighted by atomic mass is 32.2. The number of carboxylic acids is 1. The third-order valence-electron chi connectivity index (χ3n) is 4.70. The van der Waals surface area contributed by atoms with Gasteiger partial charge in [-0.2, -0.15) is 0 Å². The molecule has 0 aromatic rings. The maximum Gasteiger partial charge on any atom is 0.326 e. The smallest absolute Gasteiger partial charge is 0.326 e. The summed E-state index contributed by atoms with van der Waals surface area (Å²) in [6.45, 7) is 1.47. The summed E-state index contributed by atoms with van der Waals surface area (Å²) in [5.41, 5.74) is 0.631. The molecule has 142 valence electrons. The molecule has 0 aromatic carbocycles. The van der Waals surface area contributed by atoms with Crippen molar-refractivity contribution in [3.8, 4) is 0 Å². The number of esters is 1. The number of hydrogen-bond donors (Lipinski definition) is 1. The average molecular weight is 384 g/mol. The number of β-lactam (4-membered cyclic amide) rings is 1. The minimum absolute atomic E-state index is 0.108. The minimum Gasteiger partial charge on any atom is -0.480 e. The molecule has 3 atom stereocenters. The molecule has 0 radical (unpaired) electrons. The monoisotopic (exact) mass is 384 g/mol. The third kappa shape index (κ3) is 3.07. The van der Waals surface area contributed by atoms with E-state index in [0.717, 1.165) is 0 Å². The topological polar surface area (TPSA) is 113 Å². The fourth-order valence-electron chi connectivity index (χ4n) is 3.43. The fourth-order valence-corrected chi connectivity index (χ4v) is 4.79. The molecule has 10 heteroatoms. The van der Waals surface area contributed by atoms with E-state index in [4.69, 9.17) is 9.47 Å². The molecule has 0 bridgehead atoms. The van der Waals surface area contributed by atoms with Crippen molar-refractivity contribution in [1.82, 2.24) is 9.80 Å². The van der Waals surface area contributed by atoms with Gasteiger partial charge in [0.15, 0.2) is 6.10 Å². The van der Waals surface area contributed by atoms with Crippen molar-refractivity contribution in [2.45, 2.75) is 37.3 Å². The number of fused-ring (bicyclic) bond motifs is 1. The van der Waals surface area contributed by atoms with E-state index in [9.17, 15) is 24.3 Å². The first-order valence-corrected chi connectivity index (χ1v) is 9.28. The maximum atomic E-state index is 13.1. The summed E-state index contributed by atoms with van der Waals surface area (Å²) in [6, 6.07) is -0.910. The number of nitrogens with zero attached hydrogens (tertiary/aromatic N) is 2. The number of likely N-dealkylation sites (tertiary alicyclic amines) is 1. The van der Waals surface area contributed by atoms with Crippen LogP contribution in [0, 0.1) is 0 Å². The Morgan fingerprint density at radius 1 is 1.35 bits per heavy atom. The normalized spacial score (nSPS) is 27.9. The van der Waals surface area contributed by atoms with Crippen LogP contribution in [0.2, 0.25) is 0 Å². The van der Waals surface area contributed by atoms with Crippen LogP contribution < -0.4 is 0 Å². The number of amides is 2. The lowest BCUT2D eigenvalue weighted by atomic mass is 10.0. The number of ether oxygens (including phenoxy) is 2. The van der Waals surface area contributed by atoms with Gasteiger partial charge >= 0.3 is 11.9 Å². The first-order valence-electron chi connectivity index (χ1n) is 8.23. The average Bonchev–Trinajstić information content (AvgIpc) is 3.09. The summed E-state index contributed by atoms with van der Waals surface area (Å²) in [5.74, 6) is -2.02. The second-order valence-electron chi connectivity index (χ2n) is 6.29. The Morgan fingerprint density at radius 3 is 2.69 bits per heavy atom. The van der Waals surface area contributed by atoms with Gasteiger partial charge in [0.05, 0.1) is 0 Å². The van der Waals surface area contributed by atoms with Crippen LogP contribution in [-0.4, -0.2) is 82.2 Å². The van der Waals surface area contributed by atoms with E-state index in [1.165, 1.54) is 35.6 Å². The second-order valence-corrected chi connectivity index (χ2v) is 7.40. The van der Waals surface area contributed by atoms with Crippen LogP contribution in [0.25, 0.3) is 0 Å². The molecule has 0 saturated carbocycles. The number of carbonyl (C=O) groups excluding carboxylic acids is 3. The molecule has 9 nitrogen and oxygen atoms in total. The zero-order valence-electron chi connectivity index (χ0n) is 14.5. The number of thioether (sulfide) groups is 1.